The lowest BCUT2D eigenvalue weighted by molar-refractivity contribution is 0.0952. The Bertz CT molecular complexity index is 1330. The number of carbonyl (C=O) groups is 1. The summed E-state index contributed by atoms with van der Waals surface area (Å²) in [6.07, 6.45) is 3.77. The van der Waals surface area contributed by atoms with Crippen molar-refractivity contribution in [2.45, 2.75) is 32.2 Å². The van der Waals surface area contributed by atoms with Crippen molar-refractivity contribution in [3.05, 3.63) is 77.0 Å². The molecule has 0 spiro atoms. The molecule has 1 aromatic carbocycles. The molecular weight excluding hydrogens is 409 g/mol. The van der Waals surface area contributed by atoms with Crippen LogP contribution in [-0.4, -0.2) is 25.7 Å². The van der Waals surface area contributed by atoms with Crippen LogP contribution in [0.5, 0.6) is 11.6 Å². The molecular formula is C24H22FN5O2. The Labute approximate surface area is 184 Å². The zero-order valence-electron chi connectivity index (χ0n) is 17.8. The van der Waals surface area contributed by atoms with Gasteiger partial charge in [-0.15, -0.1) is 0 Å². The van der Waals surface area contributed by atoms with Gasteiger partial charge in [-0.05, 0) is 44.0 Å². The highest BCUT2D eigenvalue weighted by atomic mass is 19.1. The molecule has 4 aromatic rings. The summed E-state index contributed by atoms with van der Waals surface area (Å²) in [6, 6.07) is 11.3. The van der Waals surface area contributed by atoms with Crippen molar-refractivity contribution in [3.8, 4) is 11.6 Å². The van der Waals surface area contributed by atoms with Crippen LogP contribution in [-0.2, 0) is 13.6 Å². The number of fused-ring (bicyclic) bond motifs is 1. The van der Waals surface area contributed by atoms with Crippen LogP contribution in [0.25, 0.3) is 11.0 Å². The van der Waals surface area contributed by atoms with Gasteiger partial charge in [-0.25, -0.2) is 14.4 Å². The number of nitrogens with zero attached hydrogens (tertiary/aromatic N) is 4. The van der Waals surface area contributed by atoms with E-state index in [-0.39, 0.29) is 12.5 Å². The minimum atomic E-state index is -0.395. The Morgan fingerprint density at radius 2 is 2.09 bits per heavy atom. The number of aryl methyl sites for hydroxylation is 2. The van der Waals surface area contributed by atoms with Gasteiger partial charge in [0, 0.05) is 43.0 Å². The van der Waals surface area contributed by atoms with E-state index in [0.717, 1.165) is 29.6 Å². The zero-order chi connectivity index (χ0) is 22.2. The molecule has 7 nitrogen and oxygen atoms in total. The van der Waals surface area contributed by atoms with E-state index in [1.54, 1.807) is 29.1 Å². The van der Waals surface area contributed by atoms with Gasteiger partial charge in [-0.2, -0.15) is 5.10 Å². The van der Waals surface area contributed by atoms with Crippen LogP contribution < -0.4 is 10.1 Å². The highest BCUT2D eigenvalue weighted by molar-refractivity contribution is 6.06. The first kappa shape index (κ1) is 20.1. The summed E-state index contributed by atoms with van der Waals surface area (Å²) in [7, 11) is 1.84. The normalized spacial score (nSPS) is 13.3. The first-order chi connectivity index (χ1) is 15.5. The van der Waals surface area contributed by atoms with Crippen LogP contribution in [0.2, 0.25) is 0 Å². The average molecular weight is 431 g/mol. The highest BCUT2D eigenvalue weighted by Gasteiger charge is 2.28. The third kappa shape index (κ3) is 3.91. The van der Waals surface area contributed by atoms with Crippen LogP contribution in [0.3, 0.4) is 0 Å². The second-order valence-electron chi connectivity index (χ2n) is 7.99. The van der Waals surface area contributed by atoms with E-state index in [0.29, 0.717) is 34.3 Å². The third-order valence-corrected chi connectivity index (χ3v) is 5.53. The number of carbonyl (C=O) groups excluding carboxylic acids is 1. The smallest absolute Gasteiger partial charge is 0.252 e. The van der Waals surface area contributed by atoms with E-state index in [4.69, 9.17) is 9.72 Å². The van der Waals surface area contributed by atoms with Crippen molar-refractivity contribution in [2.24, 2.45) is 7.05 Å². The molecule has 0 aliphatic heterocycles. The number of nitrogens with one attached hydrogen (secondary N) is 1. The Morgan fingerprint density at radius 3 is 2.88 bits per heavy atom. The van der Waals surface area contributed by atoms with Crippen molar-refractivity contribution >= 4 is 16.9 Å². The van der Waals surface area contributed by atoms with Crippen molar-refractivity contribution in [1.82, 2.24) is 25.1 Å². The van der Waals surface area contributed by atoms with Gasteiger partial charge in [0.15, 0.2) is 5.65 Å². The topological polar surface area (TPSA) is 81.9 Å². The molecule has 5 rings (SSSR count). The van der Waals surface area contributed by atoms with Crippen LogP contribution in [0.4, 0.5) is 4.39 Å². The monoisotopic (exact) mass is 431 g/mol. The van der Waals surface area contributed by atoms with E-state index >= 15 is 0 Å². The summed E-state index contributed by atoms with van der Waals surface area (Å²) in [5.41, 5.74) is 3.66. The number of hydrogen-bond acceptors (Lipinski definition) is 5. The summed E-state index contributed by atoms with van der Waals surface area (Å²) in [5, 5.41) is 8.19. The maximum Gasteiger partial charge on any atom is 0.252 e. The molecule has 1 aliphatic carbocycles. The van der Waals surface area contributed by atoms with Gasteiger partial charge in [-0.1, -0.05) is 12.1 Å². The van der Waals surface area contributed by atoms with Gasteiger partial charge in [-0.3, -0.25) is 9.48 Å². The van der Waals surface area contributed by atoms with Gasteiger partial charge < -0.3 is 10.1 Å². The fourth-order valence-electron chi connectivity index (χ4n) is 3.79. The van der Waals surface area contributed by atoms with Gasteiger partial charge >= 0.3 is 0 Å². The summed E-state index contributed by atoms with van der Waals surface area (Å²) in [5.74, 6) is 0.455. The number of benzene rings is 1. The fraction of sp³-hybridized carbons (Fsp3) is 0.250. The Kier molecular flexibility index (Phi) is 5.05. The lowest BCUT2D eigenvalue weighted by Crippen LogP contribution is -2.24. The lowest BCUT2D eigenvalue weighted by atomic mass is 10.1. The fourth-order valence-corrected chi connectivity index (χ4v) is 3.79. The van der Waals surface area contributed by atoms with Crippen molar-refractivity contribution in [2.75, 3.05) is 0 Å². The third-order valence-electron chi connectivity index (χ3n) is 5.53. The molecule has 0 unspecified atom stereocenters. The van der Waals surface area contributed by atoms with E-state index in [2.05, 4.69) is 15.4 Å². The van der Waals surface area contributed by atoms with Crippen molar-refractivity contribution in [1.29, 1.82) is 0 Å². The molecule has 0 saturated heterocycles. The van der Waals surface area contributed by atoms with Gasteiger partial charge in [0.05, 0.1) is 16.6 Å². The van der Waals surface area contributed by atoms with Gasteiger partial charge in [0.2, 0.25) is 5.88 Å². The molecule has 0 radical (unpaired) electrons. The van der Waals surface area contributed by atoms with E-state index in [9.17, 15) is 9.18 Å². The second kappa shape index (κ2) is 8.03. The molecule has 3 heterocycles. The van der Waals surface area contributed by atoms with E-state index < -0.39 is 5.82 Å². The number of pyridine rings is 2. The standard InChI is InChI=1S/C24H22FN5O2/c1-14-21-19(12-20(15-8-9-15)28-22(21)30(2)29-14)23(31)27-13-16-5-4-10-26-24(16)32-18-7-3-6-17(25)11-18/h3-7,10-12,15H,8-9,13H2,1-2H3,(H,27,31). The number of hydrogen-bond donors (Lipinski definition) is 1. The Balaban J connectivity index is 1.41. The number of ether oxygens (including phenoxy) is 1. The van der Waals surface area contributed by atoms with Crippen LogP contribution >= 0.6 is 0 Å². The second-order valence-corrected chi connectivity index (χ2v) is 7.99. The SMILES string of the molecule is Cc1nn(C)c2nc(C3CC3)cc(C(=O)NCc3cccnc3Oc3cccc(F)c3)c12. The molecule has 1 amide bonds. The number of aromatic nitrogens is 4. The maximum absolute atomic E-state index is 13.5. The Morgan fingerprint density at radius 1 is 1.25 bits per heavy atom. The maximum atomic E-state index is 13.5. The molecule has 1 N–H and O–H groups in total. The van der Waals surface area contributed by atoms with E-state index in [1.165, 1.54) is 12.1 Å². The Hall–Kier alpha value is -3.81. The van der Waals surface area contributed by atoms with Gasteiger partial charge in [0.25, 0.3) is 5.91 Å². The largest absolute Gasteiger partial charge is 0.439 e. The van der Waals surface area contributed by atoms with Crippen molar-refractivity contribution < 1.29 is 13.9 Å². The highest BCUT2D eigenvalue weighted by Crippen LogP contribution is 2.40. The van der Waals surface area contributed by atoms with Crippen LogP contribution in [0.15, 0.2) is 48.7 Å². The zero-order valence-corrected chi connectivity index (χ0v) is 17.8. The van der Waals surface area contributed by atoms with Crippen LogP contribution in [0.1, 0.15) is 46.1 Å². The molecule has 8 heteroatoms. The summed E-state index contributed by atoms with van der Waals surface area (Å²) >= 11 is 0. The number of halogens is 1. The molecule has 1 aliphatic rings. The molecule has 1 fully saturated rings. The number of rotatable bonds is 6. The molecule has 162 valence electrons. The predicted octanol–water partition coefficient (Wildman–Crippen LogP) is 4.41. The first-order valence-electron chi connectivity index (χ1n) is 10.5. The minimum absolute atomic E-state index is 0.208. The quantitative estimate of drug-likeness (QED) is 0.489. The molecule has 32 heavy (non-hydrogen) atoms. The summed E-state index contributed by atoms with van der Waals surface area (Å²) in [4.78, 5) is 22.2. The minimum Gasteiger partial charge on any atom is -0.439 e. The van der Waals surface area contributed by atoms with E-state index in [1.807, 2.05) is 26.1 Å². The van der Waals surface area contributed by atoms with Crippen molar-refractivity contribution in [3.63, 3.8) is 0 Å². The molecule has 3 aromatic heterocycles. The summed E-state index contributed by atoms with van der Waals surface area (Å²) in [6.45, 7) is 2.09. The van der Waals surface area contributed by atoms with Crippen LogP contribution in [0, 0.1) is 12.7 Å². The number of amides is 1. The van der Waals surface area contributed by atoms with Gasteiger partial charge in [0.1, 0.15) is 11.6 Å². The molecule has 0 atom stereocenters. The predicted molar refractivity (Wildman–Crippen MR) is 117 cm³/mol. The molecule has 1 saturated carbocycles. The first-order valence-corrected chi connectivity index (χ1v) is 10.5. The summed E-state index contributed by atoms with van der Waals surface area (Å²) < 4.78 is 21.0. The average Bonchev–Trinajstić information content (AvgIpc) is 3.59. The lowest BCUT2D eigenvalue weighted by Gasteiger charge is -2.12. The molecule has 0 bridgehead atoms.